The standard InChI is InChI=1S/C10H23N3O2S/c1-2-13-16(14,15)7-6-12-10-5-3-4-9(11)8-10/h9-10,12-13H,2-8,11H2,1H3. The zero-order valence-electron chi connectivity index (χ0n) is 9.91. The molecular weight excluding hydrogens is 226 g/mol. The number of hydrogen-bond acceptors (Lipinski definition) is 4. The van der Waals surface area contributed by atoms with Gasteiger partial charge in [-0.25, -0.2) is 13.1 Å². The van der Waals surface area contributed by atoms with E-state index in [2.05, 4.69) is 10.0 Å². The molecule has 0 saturated heterocycles. The average molecular weight is 249 g/mol. The Hall–Kier alpha value is -0.170. The molecule has 2 atom stereocenters. The second kappa shape index (κ2) is 6.54. The highest BCUT2D eigenvalue weighted by molar-refractivity contribution is 7.89. The van der Waals surface area contributed by atoms with E-state index in [1.807, 2.05) is 0 Å². The zero-order chi connectivity index (χ0) is 12.0. The minimum absolute atomic E-state index is 0.145. The first-order valence-electron chi connectivity index (χ1n) is 6.00. The van der Waals surface area contributed by atoms with Crippen molar-refractivity contribution in [3.8, 4) is 0 Å². The van der Waals surface area contributed by atoms with Gasteiger partial charge in [0.05, 0.1) is 5.75 Å². The van der Waals surface area contributed by atoms with E-state index in [9.17, 15) is 8.42 Å². The molecule has 0 heterocycles. The summed E-state index contributed by atoms with van der Waals surface area (Å²) in [5.41, 5.74) is 5.86. The summed E-state index contributed by atoms with van der Waals surface area (Å²) in [4.78, 5) is 0. The van der Waals surface area contributed by atoms with Gasteiger partial charge in [0.15, 0.2) is 0 Å². The van der Waals surface area contributed by atoms with E-state index in [1.54, 1.807) is 6.92 Å². The summed E-state index contributed by atoms with van der Waals surface area (Å²) in [5, 5.41) is 3.27. The zero-order valence-corrected chi connectivity index (χ0v) is 10.7. The number of rotatable bonds is 6. The highest BCUT2D eigenvalue weighted by atomic mass is 32.2. The van der Waals surface area contributed by atoms with Crippen LogP contribution in [0.3, 0.4) is 0 Å². The van der Waals surface area contributed by atoms with Crippen molar-refractivity contribution in [1.29, 1.82) is 0 Å². The van der Waals surface area contributed by atoms with E-state index >= 15 is 0 Å². The largest absolute Gasteiger partial charge is 0.328 e. The molecule has 0 aromatic rings. The van der Waals surface area contributed by atoms with Crippen molar-refractivity contribution in [3.05, 3.63) is 0 Å². The monoisotopic (exact) mass is 249 g/mol. The first kappa shape index (κ1) is 13.9. The lowest BCUT2D eigenvalue weighted by Crippen LogP contribution is -2.42. The Balaban J connectivity index is 2.19. The maximum atomic E-state index is 11.4. The molecule has 0 amide bonds. The third-order valence-electron chi connectivity index (χ3n) is 2.88. The van der Waals surface area contributed by atoms with Crippen molar-refractivity contribution in [2.75, 3.05) is 18.8 Å². The third-order valence-corrected chi connectivity index (χ3v) is 4.35. The maximum Gasteiger partial charge on any atom is 0.212 e. The van der Waals surface area contributed by atoms with Crippen molar-refractivity contribution >= 4 is 10.0 Å². The van der Waals surface area contributed by atoms with Crippen LogP contribution in [0.25, 0.3) is 0 Å². The van der Waals surface area contributed by atoms with Gasteiger partial charge in [0.25, 0.3) is 0 Å². The number of nitrogens with one attached hydrogen (secondary N) is 2. The predicted octanol–water partition coefficient (Wildman–Crippen LogP) is -0.215. The van der Waals surface area contributed by atoms with Gasteiger partial charge in [0.1, 0.15) is 0 Å². The van der Waals surface area contributed by atoms with E-state index in [0.717, 1.165) is 25.7 Å². The summed E-state index contributed by atoms with van der Waals surface area (Å²) < 4.78 is 25.2. The highest BCUT2D eigenvalue weighted by Crippen LogP contribution is 2.16. The molecule has 0 radical (unpaired) electrons. The Labute approximate surface area is 98.2 Å². The van der Waals surface area contributed by atoms with E-state index in [1.165, 1.54) is 0 Å². The average Bonchev–Trinajstić information content (AvgIpc) is 2.17. The van der Waals surface area contributed by atoms with Gasteiger partial charge >= 0.3 is 0 Å². The van der Waals surface area contributed by atoms with Crippen LogP contribution in [0.1, 0.15) is 32.6 Å². The van der Waals surface area contributed by atoms with Crippen molar-refractivity contribution < 1.29 is 8.42 Å². The minimum Gasteiger partial charge on any atom is -0.328 e. The molecular formula is C10H23N3O2S. The molecule has 1 fully saturated rings. The fourth-order valence-corrected chi connectivity index (χ4v) is 3.07. The molecule has 6 heteroatoms. The van der Waals surface area contributed by atoms with Gasteiger partial charge in [-0.2, -0.15) is 0 Å². The molecule has 1 aliphatic carbocycles. The second-order valence-electron chi connectivity index (χ2n) is 4.39. The SMILES string of the molecule is CCNS(=O)(=O)CCNC1CCCC(N)C1. The molecule has 1 saturated carbocycles. The Bertz CT molecular complexity index is 292. The van der Waals surface area contributed by atoms with Gasteiger partial charge in [-0.05, 0) is 19.3 Å². The van der Waals surface area contributed by atoms with Crippen LogP contribution in [0.15, 0.2) is 0 Å². The molecule has 4 N–H and O–H groups in total. The first-order valence-corrected chi connectivity index (χ1v) is 7.65. The minimum atomic E-state index is -3.09. The molecule has 16 heavy (non-hydrogen) atoms. The topological polar surface area (TPSA) is 84.2 Å². The molecule has 2 unspecified atom stereocenters. The van der Waals surface area contributed by atoms with Crippen LogP contribution in [0.4, 0.5) is 0 Å². The predicted molar refractivity (Wildman–Crippen MR) is 65.7 cm³/mol. The first-order chi connectivity index (χ1) is 7.53. The quantitative estimate of drug-likeness (QED) is 0.608. The summed E-state index contributed by atoms with van der Waals surface area (Å²) in [7, 11) is -3.09. The van der Waals surface area contributed by atoms with Crippen LogP contribution in [0.5, 0.6) is 0 Å². The Morgan fingerprint density at radius 3 is 2.75 bits per heavy atom. The van der Waals surface area contributed by atoms with Gasteiger partial charge in [-0.1, -0.05) is 13.3 Å². The lowest BCUT2D eigenvalue weighted by atomic mass is 9.92. The second-order valence-corrected chi connectivity index (χ2v) is 6.32. The van der Waals surface area contributed by atoms with Crippen LogP contribution in [0, 0.1) is 0 Å². The summed E-state index contributed by atoms with van der Waals surface area (Å²) >= 11 is 0. The van der Waals surface area contributed by atoms with Gasteiger partial charge in [0, 0.05) is 25.2 Å². The van der Waals surface area contributed by atoms with Crippen LogP contribution < -0.4 is 15.8 Å². The lowest BCUT2D eigenvalue weighted by Gasteiger charge is -2.27. The molecule has 0 bridgehead atoms. The van der Waals surface area contributed by atoms with Crippen LogP contribution in [0.2, 0.25) is 0 Å². The molecule has 0 aromatic carbocycles. The van der Waals surface area contributed by atoms with Gasteiger partial charge in [0.2, 0.25) is 10.0 Å². The smallest absolute Gasteiger partial charge is 0.212 e. The van der Waals surface area contributed by atoms with Crippen LogP contribution in [-0.4, -0.2) is 39.3 Å². The van der Waals surface area contributed by atoms with E-state index < -0.39 is 10.0 Å². The summed E-state index contributed by atoms with van der Waals surface area (Å²) in [6.07, 6.45) is 4.29. The Morgan fingerprint density at radius 2 is 2.12 bits per heavy atom. The molecule has 1 rings (SSSR count). The summed E-state index contributed by atoms with van der Waals surface area (Å²) in [6, 6.07) is 0.664. The summed E-state index contributed by atoms with van der Waals surface area (Å²) in [5.74, 6) is 0.145. The van der Waals surface area contributed by atoms with Gasteiger partial charge < -0.3 is 11.1 Å². The van der Waals surface area contributed by atoms with Gasteiger partial charge in [-0.3, -0.25) is 0 Å². The molecule has 0 aliphatic heterocycles. The summed E-state index contributed by atoms with van der Waals surface area (Å²) in [6.45, 7) is 2.74. The Morgan fingerprint density at radius 1 is 1.38 bits per heavy atom. The van der Waals surface area contributed by atoms with Gasteiger partial charge in [-0.15, -0.1) is 0 Å². The molecule has 1 aliphatic rings. The molecule has 0 spiro atoms. The highest BCUT2D eigenvalue weighted by Gasteiger charge is 2.19. The van der Waals surface area contributed by atoms with Crippen molar-refractivity contribution in [2.24, 2.45) is 5.73 Å². The maximum absolute atomic E-state index is 11.4. The molecule has 0 aromatic heterocycles. The number of sulfonamides is 1. The number of nitrogens with two attached hydrogens (primary N) is 1. The van der Waals surface area contributed by atoms with E-state index in [-0.39, 0.29) is 11.8 Å². The van der Waals surface area contributed by atoms with E-state index in [4.69, 9.17) is 5.73 Å². The van der Waals surface area contributed by atoms with Crippen molar-refractivity contribution in [2.45, 2.75) is 44.7 Å². The van der Waals surface area contributed by atoms with Crippen LogP contribution >= 0.6 is 0 Å². The van der Waals surface area contributed by atoms with E-state index in [0.29, 0.717) is 19.1 Å². The number of hydrogen-bond donors (Lipinski definition) is 3. The lowest BCUT2D eigenvalue weighted by molar-refractivity contribution is 0.344. The molecule has 5 nitrogen and oxygen atoms in total. The van der Waals surface area contributed by atoms with Crippen molar-refractivity contribution in [1.82, 2.24) is 10.0 Å². The fraction of sp³-hybridized carbons (Fsp3) is 1.00. The normalized spacial score (nSPS) is 26.9. The Kier molecular flexibility index (Phi) is 5.68. The molecule has 96 valence electrons. The third kappa shape index (κ3) is 5.25. The fourth-order valence-electron chi connectivity index (χ4n) is 2.10. The van der Waals surface area contributed by atoms with Crippen molar-refractivity contribution in [3.63, 3.8) is 0 Å². The van der Waals surface area contributed by atoms with Crippen LogP contribution in [-0.2, 0) is 10.0 Å².